The molecule has 1 saturated heterocycles. The minimum Gasteiger partial charge on any atom is -0.336 e. The lowest BCUT2D eigenvalue weighted by Crippen LogP contribution is -2.55. The normalized spacial score (nSPS) is 32.5. The van der Waals surface area contributed by atoms with Crippen LogP contribution < -0.4 is 5.32 Å². The number of hydrogen-bond donors (Lipinski definition) is 1. The molecule has 1 aromatic carbocycles. The Morgan fingerprint density at radius 3 is 2.56 bits per heavy atom. The molecule has 4 rings (SSSR count). The van der Waals surface area contributed by atoms with Crippen LogP contribution in [0.4, 0.5) is 9.18 Å². The quantitative estimate of drug-likeness (QED) is 0.908. The maximum atomic E-state index is 13.8. The first-order valence-corrected chi connectivity index (χ1v) is 9.44. The van der Waals surface area contributed by atoms with E-state index in [0.29, 0.717) is 5.92 Å². The van der Waals surface area contributed by atoms with E-state index >= 15 is 0 Å². The third-order valence-corrected chi connectivity index (χ3v) is 6.75. The molecule has 1 aromatic rings. The van der Waals surface area contributed by atoms with Gasteiger partial charge in [-0.3, -0.25) is 4.90 Å². The minimum absolute atomic E-state index is 0.0491. The number of hydrogen-bond acceptors (Lipinski definition) is 2. The SMILES string of the molecule is CN(C)[C@]1(c2cccc(F)c2)CC[C@@]2(CC1)CNC(=O)N2CC1CC1. The van der Waals surface area contributed by atoms with Crippen LogP contribution in [-0.2, 0) is 5.54 Å². The van der Waals surface area contributed by atoms with Crippen molar-refractivity contribution in [2.75, 3.05) is 27.2 Å². The smallest absolute Gasteiger partial charge is 0.318 e. The minimum atomic E-state index is -0.174. The molecule has 1 heterocycles. The number of benzene rings is 1. The van der Waals surface area contributed by atoms with Crippen molar-refractivity contribution in [1.82, 2.24) is 15.1 Å². The summed E-state index contributed by atoms with van der Waals surface area (Å²) in [6, 6.07) is 7.14. The highest BCUT2D eigenvalue weighted by molar-refractivity contribution is 5.78. The van der Waals surface area contributed by atoms with Crippen molar-refractivity contribution in [1.29, 1.82) is 0 Å². The van der Waals surface area contributed by atoms with E-state index in [1.165, 1.54) is 18.9 Å². The van der Waals surface area contributed by atoms with Crippen molar-refractivity contribution in [2.24, 2.45) is 5.92 Å². The Balaban J connectivity index is 1.58. The average Bonchev–Trinajstić information content (AvgIpc) is 3.37. The summed E-state index contributed by atoms with van der Waals surface area (Å²) in [5.41, 5.74) is 0.856. The van der Waals surface area contributed by atoms with Crippen LogP contribution in [0.3, 0.4) is 0 Å². The molecular weight excluding hydrogens is 317 g/mol. The molecule has 2 aliphatic carbocycles. The molecule has 1 N–H and O–H groups in total. The molecule has 3 aliphatic rings. The molecule has 3 fully saturated rings. The molecule has 0 radical (unpaired) electrons. The van der Waals surface area contributed by atoms with Gasteiger partial charge in [0.1, 0.15) is 5.82 Å². The molecule has 2 saturated carbocycles. The molecule has 2 amide bonds. The van der Waals surface area contributed by atoms with Gasteiger partial charge in [-0.05, 0) is 76.2 Å². The largest absolute Gasteiger partial charge is 0.336 e. The van der Waals surface area contributed by atoms with Gasteiger partial charge in [0.2, 0.25) is 0 Å². The van der Waals surface area contributed by atoms with Crippen molar-refractivity contribution < 1.29 is 9.18 Å². The lowest BCUT2D eigenvalue weighted by Gasteiger charge is -2.51. The first-order valence-electron chi connectivity index (χ1n) is 9.44. The molecule has 0 bridgehead atoms. The van der Waals surface area contributed by atoms with Crippen molar-refractivity contribution in [2.45, 2.75) is 49.6 Å². The molecule has 0 unspecified atom stereocenters. The number of nitrogens with one attached hydrogen (secondary N) is 1. The fourth-order valence-electron chi connectivity index (χ4n) is 4.83. The third-order valence-electron chi connectivity index (χ3n) is 6.75. The standard InChI is InChI=1S/C20H28FN3O/c1-23(2)20(16-4-3-5-17(21)12-16)10-8-19(9-11-20)14-22-18(25)24(19)13-15-6-7-15/h3-5,12,15H,6-11,13-14H2,1-2H3,(H,22,25)/t19-,20-. The highest BCUT2D eigenvalue weighted by atomic mass is 19.1. The molecule has 5 heteroatoms. The Hall–Kier alpha value is -1.62. The van der Waals surface area contributed by atoms with E-state index in [1.54, 1.807) is 12.1 Å². The topological polar surface area (TPSA) is 35.6 Å². The summed E-state index contributed by atoms with van der Waals surface area (Å²) in [5.74, 6) is 0.525. The van der Waals surface area contributed by atoms with Gasteiger partial charge in [0.25, 0.3) is 0 Å². The van der Waals surface area contributed by atoms with E-state index < -0.39 is 0 Å². The molecule has 0 atom stereocenters. The summed E-state index contributed by atoms with van der Waals surface area (Å²) in [6.07, 6.45) is 6.33. The van der Waals surface area contributed by atoms with Crippen LogP contribution in [0.5, 0.6) is 0 Å². The summed E-state index contributed by atoms with van der Waals surface area (Å²) >= 11 is 0. The number of carbonyl (C=O) groups excluding carboxylic acids is 1. The van der Waals surface area contributed by atoms with Crippen molar-refractivity contribution in [3.8, 4) is 0 Å². The summed E-state index contributed by atoms with van der Waals surface area (Å²) in [5, 5.41) is 3.08. The van der Waals surface area contributed by atoms with E-state index in [2.05, 4.69) is 29.2 Å². The number of halogens is 1. The van der Waals surface area contributed by atoms with Gasteiger partial charge in [-0.15, -0.1) is 0 Å². The molecule has 4 nitrogen and oxygen atoms in total. The maximum absolute atomic E-state index is 13.8. The van der Waals surface area contributed by atoms with Gasteiger partial charge < -0.3 is 10.2 Å². The van der Waals surface area contributed by atoms with Crippen molar-refractivity contribution in [3.63, 3.8) is 0 Å². The zero-order chi connectivity index (χ0) is 17.7. The van der Waals surface area contributed by atoms with Gasteiger partial charge in [-0.25, -0.2) is 9.18 Å². The van der Waals surface area contributed by atoms with Crippen LogP contribution in [0, 0.1) is 11.7 Å². The van der Waals surface area contributed by atoms with E-state index in [4.69, 9.17) is 0 Å². The van der Waals surface area contributed by atoms with Gasteiger partial charge in [-0.2, -0.15) is 0 Å². The van der Waals surface area contributed by atoms with E-state index in [1.807, 2.05) is 6.07 Å². The van der Waals surface area contributed by atoms with Crippen LogP contribution in [0.1, 0.15) is 44.1 Å². The van der Waals surface area contributed by atoms with Gasteiger partial charge in [0, 0.05) is 18.6 Å². The lowest BCUT2D eigenvalue weighted by atomic mass is 9.68. The summed E-state index contributed by atoms with van der Waals surface area (Å²) in [7, 11) is 4.17. The van der Waals surface area contributed by atoms with Crippen LogP contribution in [0.15, 0.2) is 24.3 Å². The Bertz CT molecular complexity index is 663. The number of carbonyl (C=O) groups is 1. The predicted molar refractivity (Wildman–Crippen MR) is 95.8 cm³/mol. The fourth-order valence-corrected chi connectivity index (χ4v) is 4.83. The molecule has 0 aromatic heterocycles. The highest BCUT2D eigenvalue weighted by Crippen LogP contribution is 2.48. The van der Waals surface area contributed by atoms with Crippen molar-refractivity contribution in [3.05, 3.63) is 35.6 Å². The molecule has 1 spiro atoms. The maximum Gasteiger partial charge on any atom is 0.318 e. The predicted octanol–water partition coefficient (Wildman–Crippen LogP) is 3.33. The number of urea groups is 1. The zero-order valence-corrected chi connectivity index (χ0v) is 15.2. The second-order valence-electron chi connectivity index (χ2n) is 8.37. The van der Waals surface area contributed by atoms with E-state index in [9.17, 15) is 9.18 Å². The summed E-state index contributed by atoms with van der Waals surface area (Å²) in [6.45, 7) is 1.66. The number of amides is 2. The Labute approximate surface area is 149 Å². The monoisotopic (exact) mass is 345 g/mol. The molecular formula is C20H28FN3O. The lowest BCUT2D eigenvalue weighted by molar-refractivity contribution is 0.0245. The van der Waals surface area contributed by atoms with Gasteiger partial charge in [-0.1, -0.05) is 12.1 Å². The highest BCUT2D eigenvalue weighted by Gasteiger charge is 2.52. The second-order valence-corrected chi connectivity index (χ2v) is 8.37. The first kappa shape index (κ1) is 16.8. The first-order chi connectivity index (χ1) is 12.0. The van der Waals surface area contributed by atoms with Crippen LogP contribution in [-0.4, -0.2) is 48.6 Å². The Kier molecular flexibility index (Phi) is 4.02. The fraction of sp³-hybridized carbons (Fsp3) is 0.650. The van der Waals surface area contributed by atoms with E-state index in [0.717, 1.165) is 44.3 Å². The van der Waals surface area contributed by atoms with Crippen LogP contribution in [0.25, 0.3) is 0 Å². The van der Waals surface area contributed by atoms with Crippen LogP contribution in [0.2, 0.25) is 0 Å². The Morgan fingerprint density at radius 2 is 1.96 bits per heavy atom. The van der Waals surface area contributed by atoms with E-state index in [-0.39, 0.29) is 22.9 Å². The number of nitrogens with zero attached hydrogens (tertiary/aromatic N) is 2. The van der Waals surface area contributed by atoms with Crippen molar-refractivity contribution >= 4 is 6.03 Å². The second kappa shape index (κ2) is 5.97. The zero-order valence-electron chi connectivity index (χ0n) is 15.2. The summed E-state index contributed by atoms with van der Waals surface area (Å²) < 4.78 is 13.8. The molecule has 25 heavy (non-hydrogen) atoms. The average molecular weight is 345 g/mol. The number of rotatable bonds is 4. The van der Waals surface area contributed by atoms with Gasteiger partial charge in [0.15, 0.2) is 0 Å². The van der Waals surface area contributed by atoms with Gasteiger partial charge in [0.05, 0.1) is 5.54 Å². The summed E-state index contributed by atoms with van der Waals surface area (Å²) in [4.78, 5) is 16.7. The Morgan fingerprint density at radius 1 is 1.24 bits per heavy atom. The van der Waals surface area contributed by atoms with Crippen LogP contribution >= 0.6 is 0 Å². The third kappa shape index (κ3) is 2.82. The molecule has 136 valence electrons. The molecule has 1 aliphatic heterocycles. The van der Waals surface area contributed by atoms with Gasteiger partial charge >= 0.3 is 6.03 Å².